The number of nitrogens with zero attached hydrogens (tertiary/aromatic N) is 1. The van der Waals surface area contributed by atoms with E-state index in [4.69, 9.17) is 0 Å². The first-order valence-electron chi connectivity index (χ1n) is 3.94. The normalized spacial score (nSPS) is 8.75. The summed E-state index contributed by atoms with van der Waals surface area (Å²) in [6, 6.07) is 1.78. The SMILES string of the molecule is CC.Cc1cc(Br)nc(C)c1O. The second kappa shape index (κ2) is 5.14. The molecule has 0 aliphatic heterocycles. The Kier molecular flexibility index (Phi) is 4.90. The molecule has 1 rings (SSSR count). The quantitative estimate of drug-likeness (QED) is 0.697. The van der Waals surface area contributed by atoms with Crippen LogP contribution in [0.25, 0.3) is 0 Å². The standard InChI is InChI=1S/C7H8BrNO.C2H6/c1-4-3-6(8)9-5(2)7(4)10;1-2/h3,10H,1-2H3;1-2H3. The van der Waals surface area contributed by atoms with Gasteiger partial charge in [0.25, 0.3) is 0 Å². The summed E-state index contributed by atoms with van der Waals surface area (Å²) in [5.74, 6) is 0.281. The molecule has 0 amide bonds. The number of aryl methyl sites for hydroxylation is 2. The van der Waals surface area contributed by atoms with Gasteiger partial charge in [-0.2, -0.15) is 0 Å². The van der Waals surface area contributed by atoms with Gasteiger partial charge < -0.3 is 5.11 Å². The first-order valence-corrected chi connectivity index (χ1v) is 4.73. The van der Waals surface area contributed by atoms with Crippen LogP contribution in [0.4, 0.5) is 0 Å². The first-order chi connectivity index (χ1) is 5.61. The highest BCUT2D eigenvalue weighted by Gasteiger charge is 2.01. The van der Waals surface area contributed by atoms with Crippen molar-refractivity contribution in [1.29, 1.82) is 0 Å². The maximum absolute atomic E-state index is 9.25. The van der Waals surface area contributed by atoms with Gasteiger partial charge >= 0.3 is 0 Å². The molecule has 3 heteroatoms. The van der Waals surface area contributed by atoms with Crippen LogP contribution >= 0.6 is 15.9 Å². The van der Waals surface area contributed by atoms with Gasteiger partial charge in [0.1, 0.15) is 10.4 Å². The Labute approximate surface area is 81.8 Å². The maximum atomic E-state index is 9.25. The number of hydrogen-bond acceptors (Lipinski definition) is 2. The topological polar surface area (TPSA) is 33.1 Å². The second-order valence-corrected chi connectivity index (χ2v) is 3.01. The molecule has 12 heavy (non-hydrogen) atoms. The minimum atomic E-state index is 0.281. The first kappa shape index (κ1) is 11.4. The van der Waals surface area contributed by atoms with Gasteiger partial charge in [-0.3, -0.25) is 0 Å². The van der Waals surface area contributed by atoms with Crippen LogP contribution in [0.3, 0.4) is 0 Å². The minimum absolute atomic E-state index is 0.281. The molecule has 1 N–H and O–H groups in total. The van der Waals surface area contributed by atoms with E-state index in [0.717, 1.165) is 10.2 Å². The minimum Gasteiger partial charge on any atom is -0.506 e. The van der Waals surface area contributed by atoms with Crippen LogP contribution in [0, 0.1) is 13.8 Å². The van der Waals surface area contributed by atoms with Crippen molar-refractivity contribution in [2.45, 2.75) is 27.7 Å². The summed E-state index contributed by atoms with van der Waals surface area (Å²) in [6.07, 6.45) is 0. The lowest BCUT2D eigenvalue weighted by molar-refractivity contribution is 0.463. The molecule has 0 saturated carbocycles. The molecule has 2 nitrogen and oxygen atoms in total. The average molecular weight is 232 g/mol. The van der Waals surface area contributed by atoms with Gasteiger partial charge in [-0.15, -0.1) is 0 Å². The summed E-state index contributed by atoms with van der Waals surface area (Å²) in [4.78, 5) is 4.00. The number of aromatic nitrogens is 1. The van der Waals surface area contributed by atoms with Gasteiger partial charge in [0, 0.05) is 0 Å². The van der Waals surface area contributed by atoms with Gasteiger partial charge in [-0.1, -0.05) is 13.8 Å². The molecule has 1 heterocycles. The Bertz CT molecular complexity index is 238. The molecule has 0 fully saturated rings. The lowest BCUT2D eigenvalue weighted by Crippen LogP contribution is -1.85. The zero-order valence-electron chi connectivity index (χ0n) is 7.85. The van der Waals surface area contributed by atoms with E-state index in [1.807, 2.05) is 20.8 Å². The third-order valence-electron chi connectivity index (χ3n) is 1.33. The van der Waals surface area contributed by atoms with Gasteiger partial charge in [0.05, 0.1) is 5.69 Å². The van der Waals surface area contributed by atoms with Crippen molar-refractivity contribution in [3.8, 4) is 5.75 Å². The van der Waals surface area contributed by atoms with E-state index in [9.17, 15) is 5.11 Å². The molecule has 0 saturated heterocycles. The molecular weight excluding hydrogens is 218 g/mol. The van der Waals surface area contributed by atoms with Crippen LogP contribution in [0.5, 0.6) is 5.75 Å². The summed E-state index contributed by atoms with van der Waals surface area (Å²) in [5, 5.41) is 9.25. The Morgan fingerprint density at radius 3 is 2.25 bits per heavy atom. The summed E-state index contributed by atoms with van der Waals surface area (Å²) in [7, 11) is 0. The maximum Gasteiger partial charge on any atom is 0.139 e. The Morgan fingerprint density at radius 1 is 1.33 bits per heavy atom. The van der Waals surface area contributed by atoms with E-state index in [0.29, 0.717) is 5.69 Å². The van der Waals surface area contributed by atoms with Crippen LogP contribution < -0.4 is 0 Å². The Hall–Kier alpha value is -0.570. The Balaban J connectivity index is 0.000000561. The van der Waals surface area contributed by atoms with Gasteiger partial charge in [-0.25, -0.2) is 4.98 Å². The summed E-state index contributed by atoms with van der Waals surface area (Å²) in [5.41, 5.74) is 1.51. The van der Waals surface area contributed by atoms with Gasteiger partial charge in [0.2, 0.25) is 0 Å². The molecule has 0 aliphatic carbocycles. The van der Waals surface area contributed by atoms with Crippen LogP contribution in [0.15, 0.2) is 10.7 Å². The summed E-state index contributed by atoms with van der Waals surface area (Å²) < 4.78 is 0.764. The third-order valence-corrected chi connectivity index (χ3v) is 1.73. The van der Waals surface area contributed by atoms with Crippen molar-refractivity contribution in [3.63, 3.8) is 0 Å². The average Bonchev–Trinajstić information content (AvgIpc) is 2.04. The summed E-state index contributed by atoms with van der Waals surface area (Å²) >= 11 is 3.22. The van der Waals surface area contributed by atoms with E-state index in [1.54, 1.807) is 13.0 Å². The molecule has 1 aromatic heterocycles. The predicted molar refractivity (Wildman–Crippen MR) is 54.4 cm³/mol. The number of hydrogen-bond donors (Lipinski definition) is 1. The summed E-state index contributed by atoms with van der Waals surface area (Å²) in [6.45, 7) is 7.61. The highest BCUT2D eigenvalue weighted by molar-refractivity contribution is 9.10. The molecule has 0 unspecified atom stereocenters. The van der Waals surface area contributed by atoms with Crippen LogP contribution in [0.1, 0.15) is 25.1 Å². The van der Waals surface area contributed by atoms with Crippen molar-refractivity contribution in [2.75, 3.05) is 0 Å². The number of pyridine rings is 1. The van der Waals surface area contributed by atoms with Crippen molar-refractivity contribution < 1.29 is 5.11 Å². The number of halogens is 1. The Morgan fingerprint density at radius 2 is 1.83 bits per heavy atom. The fourth-order valence-electron chi connectivity index (χ4n) is 0.778. The van der Waals surface area contributed by atoms with Crippen LogP contribution in [-0.2, 0) is 0 Å². The van der Waals surface area contributed by atoms with Gasteiger partial charge in [-0.05, 0) is 41.4 Å². The fourth-order valence-corrected chi connectivity index (χ4v) is 1.39. The molecule has 0 aromatic carbocycles. The van der Waals surface area contributed by atoms with E-state index in [1.165, 1.54) is 0 Å². The monoisotopic (exact) mass is 231 g/mol. The smallest absolute Gasteiger partial charge is 0.139 e. The van der Waals surface area contributed by atoms with E-state index >= 15 is 0 Å². The molecule has 68 valence electrons. The number of rotatable bonds is 0. The zero-order chi connectivity index (χ0) is 9.72. The van der Waals surface area contributed by atoms with E-state index in [-0.39, 0.29) is 5.75 Å². The van der Waals surface area contributed by atoms with E-state index < -0.39 is 0 Å². The molecule has 0 spiro atoms. The highest BCUT2D eigenvalue weighted by atomic mass is 79.9. The molecule has 0 aliphatic rings. The van der Waals surface area contributed by atoms with E-state index in [2.05, 4.69) is 20.9 Å². The molecular formula is C9H14BrNO. The zero-order valence-corrected chi connectivity index (χ0v) is 9.44. The third kappa shape index (κ3) is 2.81. The lowest BCUT2D eigenvalue weighted by atomic mass is 10.2. The fraction of sp³-hybridized carbons (Fsp3) is 0.444. The predicted octanol–water partition coefficient (Wildman–Crippen LogP) is 3.19. The van der Waals surface area contributed by atoms with Crippen molar-refractivity contribution >= 4 is 15.9 Å². The number of aromatic hydroxyl groups is 1. The van der Waals surface area contributed by atoms with Crippen LogP contribution in [-0.4, -0.2) is 10.1 Å². The highest BCUT2D eigenvalue weighted by Crippen LogP contribution is 2.21. The molecule has 0 radical (unpaired) electrons. The van der Waals surface area contributed by atoms with Crippen LogP contribution in [0.2, 0.25) is 0 Å². The molecule has 0 atom stereocenters. The van der Waals surface area contributed by atoms with Crippen molar-refractivity contribution in [1.82, 2.24) is 4.98 Å². The lowest BCUT2D eigenvalue weighted by Gasteiger charge is -2.01. The molecule has 1 aromatic rings. The largest absolute Gasteiger partial charge is 0.506 e. The van der Waals surface area contributed by atoms with Crippen molar-refractivity contribution in [3.05, 3.63) is 21.9 Å². The van der Waals surface area contributed by atoms with Crippen molar-refractivity contribution in [2.24, 2.45) is 0 Å². The molecule has 0 bridgehead atoms. The second-order valence-electron chi connectivity index (χ2n) is 2.20. The van der Waals surface area contributed by atoms with Gasteiger partial charge in [0.15, 0.2) is 0 Å².